The Morgan fingerprint density at radius 3 is 2.60 bits per heavy atom. The lowest BCUT2D eigenvalue weighted by Gasteiger charge is -2.43. The van der Waals surface area contributed by atoms with Crippen molar-refractivity contribution in [2.24, 2.45) is 17.3 Å². The van der Waals surface area contributed by atoms with Crippen molar-refractivity contribution in [3.05, 3.63) is 0 Å². The number of hydrogen-bond donors (Lipinski definition) is 0. The van der Waals surface area contributed by atoms with Crippen molar-refractivity contribution in [2.45, 2.75) is 46.0 Å². The van der Waals surface area contributed by atoms with Crippen molar-refractivity contribution < 1.29 is 9.53 Å². The number of rotatable bonds is 1. The largest absolute Gasteiger partial charge is 0.381 e. The van der Waals surface area contributed by atoms with E-state index < -0.39 is 0 Å². The predicted molar refractivity (Wildman–Crippen MR) is 59.7 cm³/mol. The summed E-state index contributed by atoms with van der Waals surface area (Å²) in [6, 6.07) is 0. The molecule has 86 valence electrons. The van der Waals surface area contributed by atoms with E-state index in [-0.39, 0.29) is 0 Å². The Balaban J connectivity index is 2.06. The summed E-state index contributed by atoms with van der Waals surface area (Å²) in [5.74, 6) is 1.80. The summed E-state index contributed by atoms with van der Waals surface area (Å²) in [6.45, 7) is 6.45. The highest BCUT2D eigenvalue weighted by Crippen LogP contribution is 2.45. The fourth-order valence-electron chi connectivity index (χ4n) is 3.19. The second-order valence-electron chi connectivity index (χ2n) is 5.79. The van der Waals surface area contributed by atoms with Crippen LogP contribution in [0.25, 0.3) is 0 Å². The fraction of sp³-hybridized carbons (Fsp3) is 0.923. The summed E-state index contributed by atoms with van der Waals surface area (Å²) in [7, 11) is 0. The van der Waals surface area contributed by atoms with Crippen LogP contribution in [0.3, 0.4) is 0 Å². The first-order valence-electron chi connectivity index (χ1n) is 6.19. The van der Waals surface area contributed by atoms with Gasteiger partial charge in [0.15, 0.2) is 0 Å². The molecular weight excluding hydrogens is 188 g/mol. The molecule has 0 aromatic carbocycles. The molecule has 1 unspecified atom stereocenters. The summed E-state index contributed by atoms with van der Waals surface area (Å²) in [6.07, 6.45) is 5.00. The molecule has 2 aliphatic rings. The molecule has 1 aliphatic heterocycles. The highest BCUT2D eigenvalue weighted by Gasteiger charge is 2.40. The Kier molecular flexibility index (Phi) is 3.15. The van der Waals surface area contributed by atoms with Crippen molar-refractivity contribution in [1.29, 1.82) is 0 Å². The standard InChI is InChI=1S/C13H22O2/c1-13(2)6-3-11(14)9-12(13)10-4-7-15-8-5-10/h10,12H,3-9H2,1-2H3. The van der Waals surface area contributed by atoms with Crippen molar-refractivity contribution in [3.8, 4) is 0 Å². The van der Waals surface area contributed by atoms with E-state index in [0.29, 0.717) is 17.1 Å². The summed E-state index contributed by atoms with van der Waals surface area (Å²) in [5.41, 5.74) is 0.357. The Morgan fingerprint density at radius 2 is 1.93 bits per heavy atom. The van der Waals surface area contributed by atoms with Gasteiger partial charge in [-0.15, -0.1) is 0 Å². The smallest absolute Gasteiger partial charge is 0.133 e. The first-order valence-corrected chi connectivity index (χ1v) is 6.19. The Labute approximate surface area is 92.4 Å². The molecule has 1 saturated heterocycles. The van der Waals surface area contributed by atoms with Gasteiger partial charge >= 0.3 is 0 Å². The van der Waals surface area contributed by atoms with E-state index >= 15 is 0 Å². The van der Waals surface area contributed by atoms with Crippen molar-refractivity contribution in [2.75, 3.05) is 13.2 Å². The van der Waals surface area contributed by atoms with Crippen molar-refractivity contribution in [1.82, 2.24) is 0 Å². The molecule has 2 fully saturated rings. The number of carbonyl (C=O) groups is 1. The maximum atomic E-state index is 11.6. The number of carbonyl (C=O) groups excluding carboxylic acids is 1. The molecule has 2 heteroatoms. The Bertz CT molecular complexity index is 239. The van der Waals surface area contributed by atoms with Gasteiger partial charge in [0.2, 0.25) is 0 Å². The van der Waals surface area contributed by atoms with Gasteiger partial charge in [-0.1, -0.05) is 13.8 Å². The maximum Gasteiger partial charge on any atom is 0.133 e. The molecule has 0 radical (unpaired) electrons. The minimum atomic E-state index is 0.357. The molecule has 0 N–H and O–H groups in total. The molecule has 1 heterocycles. The SMILES string of the molecule is CC1(C)CCC(=O)CC1C1CCOCC1. The molecule has 1 aliphatic carbocycles. The third kappa shape index (κ3) is 2.41. The number of ketones is 1. The molecule has 1 saturated carbocycles. The number of Topliss-reactive ketones (excluding diaryl/α,β-unsaturated/α-hetero) is 1. The third-order valence-corrected chi connectivity index (χ3v) is 4.33. The van der Waals surface area contributed by atoms with Gasteiger partial charge in [-0.25, -0.2) is 0 Å². The Morgan fingerprint density at radius 1 is 1.27 bits per heavy atom. The highest BCUT2D eigenvalue weighted by atomic mass is 16.5. The lowest BCUT2D eigenvalue weighted by Crippen LogP contribution is -2.39. The highest BCUT2D eigenvalue weighted by molar-refractivity contribution is 5.79. The van der Waals surface area contributed by atoms with Crippen LogP contribution in [0.5, 0.6) is 0 Å². The molecule has 0 bridgehead atoms. The molecule has 0 amide bonds. The van der Waals surface area contributed by atoms with Gasteiger partial charge in [-0.3, -0.25) is 4.79 Å². The average Bonchev–Trinajstić information content (AvgIpc) is 2.23. The van der Waals surface area contributed by atoms with E-state index in [2.05, 4.69) is 13.8 Å². The first kappa shape index (κ1) is 11.1. The molecular formula is C13H22O2. The van der Waals surface area contributed by atoms with E-state index in [1.54, 1.807) is 0 Å². The maximum absolute atomic E-state index is 11.6. The minimum Gasteiger partial charge on any atom is -0.381 e. The summed E-state index contributed by atoms with van der Waals surface area (Å²) >= 11 is 0. The van der Waals surface area contributed by atoms with E-state index in [1.165, 1.54) is 0 Å². The molecule has 1 atom stereocenters. The van der Waals surface area contributed by atoms with Crippen LogP contribution in [0.2, 0.25) is 0 Å². The molecule has 0 spiro atoms. The van der Waals surface area contributed by atoms with Crippen molar-refractivity contribution >= 4 is 5.78 Å². The zero-order chi connectivity index (χ0) is 10.9. The van der Waals surface area contributed by atoms with E-state index in [9.17, 15) is 4.79 Å². The van der Waals surface area contributed by atoms with Crippen molar-refractivity contribution in [3.63, 3.8) is 0 Å². The Hall–Kier alpha value is -0.370. The van der Waals surface area contributed by atoms with Gasteiger partial charge in [0.25, 0.3) is 0 Å². The van der Waals surface area contributed by atoms with Crippen LogP contribution in [0.4, 0.5) is 0 Å². The quantitative estimate of drug-likeness (QED) is 0.665. The molecule has 2 nitrogen and oxygen atoms in total. The van der Waals surface area contributed by atoms with Gasteiger partial charge in [0, 0.05) is 26.1 Å². The molecule has 15 heavy (non-hydrogen) atoms. The zero-order valence-electron chi connectivity index (χ0n) is 9.92. The van der Waals surface area contributed by atoms with Crippen LogP contribution in [-0.2, 0) is 9.53 Å². The van der Waals surface area contributed by atoms with Gasteiger partial charge in [0.1, 0.15) is 5.78 Å². The van der Waals surface area contributed by atoms with Crippen LogP contribution in [0.1, 0.15) is 46.0 Å². The van der Waals surface area contributed by atoms with Gasteiger partial charge in [0.05, 0.1) is 0 Å². The minimum absolute atomic E-state index is 0.357. The summed E-state index contributed by atoms with van der Waals surface area (Å²) in [5, 5.41) is 0. The second-order valence-corrected chi connectivity index (χ2v) is 5.79. The summed E-state index contributed by atoms with van der Waals surface area (Å²) in [4.78, 5) is 11.6. The fourth-order valence-corrected chi connectivity index (χ4v) is 3.19. The van der Waals surface area contributed by atoms with Gasteiger partial charge in [-0.2, -0.15) is 0 Å². The second kappa shape index (κ2) is 4.25. The monoisotopic (exact) mass is 210 g/mol. The van der Waals surface area contributed by atoms with Gasteiger partial charge in [-0.05, 0) is 36.5 Å². The number of ether oxygens (including phenoxy) is 1. The summed E-state index contributed by atoms with van der Waals surface area (Å²) < 4.78 is 5.40. The van der Waals surface area contributed by atoms with E-state index in [4.69, 9.17) is 4.74 Å². The zero-order valence-corrected chi connectivity index (χ0v) is 9.92. The van der Waals surface area contributed by atoms with E-state index in [1.807, 2.05) is 0 Å². The predicted octanol–water partition coefficient (Wildman–Crippen LogP) is 2.81. The van der Waals surface area contributed by atoms with Gasteiger partial charge < -0.3 is 4.74 Å². The third-order valence-electron chi connectivity index (χ3n) is 4.33. The molecule has 2 rings (SSSR count). The lowest BCUT2D eigenvalue weighted by atomic mass is 9.62. The first-order chi connectivity index (χ1) is 7.09. The van der Waals surface area contributed by atoms with Crippen LogP contribution in [0.15, 0.2) is 0 Å². The van der Waals surface area contributed by atoms with Crippen LogP contribution >= 0.6 is 0 Å². The normalized spacial score (nSPS) is 32.9. The van der Waals surface area contributed by atoms with Crippen LogP contribution in [-0.4, -0.2) is 19.0 Å². The van der Waals surface area contributed by atoms with E-state index in [0.717, 1.165) is 51.2 Å². The lowest BCUT2D eigenvalue weighted by molar-refractivity contribution is -0.126. The molecule has 0 aromatic heterocycles. The van der Waals surface area contributed by atoms with Crippen LogP contribution in [0, 0.1) is 17.3 Å². The van der Waals surface area contributed by atoms with Crippen LogP contribution < -0.4 is 0 Å². The molecule has 0 aromatic rings. The number of hydrogen-bond acceptors (Lipinski definition) is 2. The topological polar surface area (TPSA) is 26.3 Å². The average molecular weight is 210 g/mol.